The number of aromatic nitrogens is 2. The van der Waals surface area contributed by atoms with Gasteiger partial charge in [-0.25, -0.2) is 9.37 Å². The van der Waals surface area contributed by atoms with Crippen LogP contribution in [0.4, 0.5) is 4.39 Å². The summed E-state index contributed by atoms with van der Waals surface area (Å²) in [5.41, 5.74) is 1.05. The second-order valence-corrected chi connectivity index (χ2v) is 7.23. The number of nitrogens with zero attached hydrogens (tertiary/aromatic N) is 2. The van der Waals surface area contributed by atoms with Crippen LogP contribution in [0.25, 0.3) is 10.2 Å². The lowest BCUT2D eigenvalue weighted by molar-refractivity contribution is -0.132. The summed E-state index contributed by atoms with van der Waals surface area (Å²) in [6.45, 7) is 0.223. The maximum atomic E-state index is 13.9. The van der Waals surface area contributed by atoms with Crippen LogP contribution < -0.4 is 5.56 Å². The van der Waals surface area contributed by atoms with E-state index in [0.29, 0.717) is 28.0 Å². The first-order valence-corrected chi connectivity index (χ1v) is 8.88. The number of carbonyl (C=O) groups excluding carboxylic acids is 1. The van der Waals surface area contributed by atoms with Gasteiger partial charge in [-0.1, -0.05) is 18.2 Å². The minimum absolute atomic E-state index is 0.0543. The summed E-state index contributed by atoms with van der Waals surface area (Å²) in [7, 11) is 1.68. The normalized spacial score (nSPS) is 19.1. The quantitative estimate of drug-likeness (QED) is 0.781. The molecule has 1 aliphatic rings. The van der Waals surface area contributed by atoms with Crippen LogP contribution in [0.5, 0.6) is 0 Å². The molecule has 0 spiro atoms. The first kappa shape index (κ1) is 16.0. The van der Waals surface area contributed by atoms with Crippen molar-refractivity contribution < 1.29 is 9.18 Å². The highest BCUT2D eigenvalue weighted by Crippen LogP contribution is 2.49. The number of fused-ring (bicyclic) bond motifs is 1. The van der Waals surface area contributed by atoms with E-state index in [4.69, 9.17) is 0 Å². The van der Waals surface area contributed by atoms with E-state index in [-0.39, 0.29) is 35.7 Å². The zero-order chi connectivity index (χ0) is 17.6. The summed E-state index contributed by atoms with van der Waals surface area (Å²) in [4.78, 5) is 33.2. The zero-order valence-corrected chi connectivity index (χ0v) is 14.3. The Hall–Kier alpha value is -2.54. The molecular formula is C18H16FN3O2S. The Morgan fingerprint density at radius 3 is 3.00 bits per heavy atom. The third-order valence-electron chi connectivity index (χ3n) is 4.54. The number of hydrogen-bond donors (Lipinski definition) is 1. The third-order valence-corrected chi connectivity index (χ3v) is 5.44. The van der Waals surface area contributed by atoms with Crippen LogP contribution in [0.3, 0.4) is 0 Å². The van der Waals surface area contributed by atoms with Gasteiger partial charge >= 0.3 is 0 Å². The van der Waals surface area contributed by atoms with Crippen molar-refractivity contribution in [3.63, 3.8) is 0 Å². The molecule has 25 heavy (non-hydrogen) atoms. The molecule has 4 rings (SSSR count). The lowest BCUT2D eigenvalue weighted by atomic mass is 10.1. The Kier molecular flexibility index (Phi) is 3.88. The average Bonchev–Trinajstić information content (AvgIpc) is 3.23. The minimum atomic E-state index is -0.264. The molecular weight excluding hydrogens is 341 g/mol. The fourth-order valence-corrected chi connectivity index (χ4v) is 3.90. The number of rotatable bonds is 4. The zero-order valence-electron chi connectivity index (χ0n) is 13.5. The predicted molar refractivity (Wildman–Crippen MR) is 94.0 cm³/mol. The Labute approximate surface area is 147 Å². The Balaban J connectivity index is 1.48. The van der Waals surface area contributed by atoms with E-state index < -0.39 is 0 Å². The molecule has 1 aromatic carbocycles. The molecule has 2 atom stereocenters. The highest BCUT2D eigenvalue weighted by Gasteiger charge is 2.46. The third kappa shape index (κ3) is 2.95. The van der Waals surface area contributed by atoms with Crippen LogP contribution in [-0.2, 0) is 11.3 Å². The van der Waals surface area contributed by atoms with Gasteiger partial charge in [0.1, 0.15) is 16.3 Å². The van der Waals surface area contributed by atoms with Gasteiger partial charge in [0, 0.05) is 13.0 Å². The van der Waals surface area contributed by atoms with Gasteiger partial charge in [0.15, 0.2) is 0 Å². The van der Waals surface area contributed by atoms with Gasteiger partial charge in [0.2, 0.25) is 5.91 Å². The monoisotopic (exact) mass is 357 g/mol. The number of halogens is 1. The molecule has 1 fully saturated rings. The molecule has 1 N–H and O–H groups in total. The van der Waals surface area contributed by atoms with E-state index in [2.05, 4.69) is 9.97 Å². The van der Waals surface area contributed by atoms with Crippen molar-refractivity contribution in [2.24, 2.45) is 5.92 Å². The molecule has 5 nitrogen and oxygen atoms in total. The molecule has 0 radical (unpaired) electrons. The number of amides is 1. The fourth-order valence-electron chi connectivity index (χ4n) is 3.17. The van der Waals surface area contributed by atoms with Crippen molar-refractivity contribution in [2.45, 2.75) is 18.9 Å². The molecule has 2 unspecified atom stereocenters. The molecule has 2 aromatic heterocycles. The van der Waals surface area contributed by atoms with Gasteiger partial charge in [0.25, 0.3) is 5.56 Å². The largest absolute Gasteiger partial charge is 0.338 e. The minimum Gasteiger partial charge on any atom is -0.338 e. The molecule has 1 aliphatic carbocycles. The Bertz CT molecular complexity index is 1010. The van der Waals surface area contributed by atoms with Crippen molar-refractivity contribution >= 4 is 27.5 Å². The number of carbonyl (C=O) groups is 1. The number of nitrogens with one attached hydrogen (secondary N) is 1. The van der Waals surface area contributed by atoms with Gasteiger partial charge in [0.05, 0.1) is 12.1 Å². The summed E-state index contributed by atoms with van der Waals surface area (Å²) in [5, 5.41) is 1.81. The summed E-state index contributed by atoms with van der Waals surface area (Å²) in [5.74, 6) is -0.142. The Morgan fingerprint density at radius 1 is 1.40 bits per heavy atom. The van der Waals surface area contributed by atoms with Gasteiger partial charge in [-0.15, -0.1) is 11.3 Å². The van der Waals surface area contributed by atoms with Gasteiger partial charge in [-0.05, 0) is 35.4 Å². The van der Waals surface area contributed by atoms with Crippen LogP contribution in [0.15, 0.2) is 40.5 Å². The number of benzene rings is 1. The summed E-state index contributed by atoms with van der Waals surface area (Å²) >= 11 is 1.34. The molecule has 1 amide bonds. The standard InChI is InChI=1S/C18H16FN3O2S/c1-22(9-15-20-14-6-7-25-16(14)17(23)21-15)18(24)12-8-11(12)10-4-2-3-5-13(10)19/h2-7,11-12H,8-9H2,1H3,(H,20,21,23). The number of hydrogen-bond acceptors (Lipinski definition) is 4. The van der Waals surface area contributed by atoms with Crippen molar-refractivity contribution in [3.05, 3.63) is 63.3 Å². The highest BCUT2D eigenvalue weighted by molar-refractivity contribution is 7.17. The van der Waals surface area contributed by atoms with Crippen LogP contribution in [0, 0.1) is 11.7 Å². The second-order valence-electron chi connectivity index (χ2n) is 6.31. The van der Waals surface area contributed by atoms with E-state index in [1.165, 1.54) is 17.4 Å². The van der Waals surface area contributed by atoms with E-state index in [1.807, 2.05) is 5.38 Å². The predicted octanol–water partition coefficient (Wildman–Crippen LogP) is 2.89. The SMILES string of the molecule is CN(Cc1nc2ccsc2c(=O)[nH]1)C(=O)C1CC1c1ccccc1F. The summed E-state index contributed by atoms with van der Waals surface area (Å²) < 4.78 is 14.4. The molecule has 2 heterocycles. The van der Waals surface area contributed by atoms with E-state index >= 15 is 0 Å². The van der Waals surface area contributed by atoms with E-state index in [0.717, 1.165) is 0 Å². The van der Waals surface area contributed by atoms with Crippen LogP contribution in [-0.4, -0.2) is 27.8 Å². The van der Waals surface area contributed by atoms with Gasteiger partial charge in [-0.2, -0.15) is 0 Å². The van der Waals surface area contributed by atoms with Crippen LogP contribution >= 0.6 is 11.3 Å². The molecule has 128 valence electrons. The Morgan fingerprint density at radius 2 is 2.20 bits per heavy atom. The molecule has 0 aliphatic heterocycles. The average molecular weight is 357 g/mol. The molecule has 0 bridgehead atoms. The van der Waals surface area contributed by atoms with E-state index in [9.17, 15) is 14.0 Å². The van der Waals surface area contributed by atoms with Crippen molar-refractivity contribution in [1.29, 1.82) is 0 Å². The number of aromatic amines is 1. The van der Waals surface area contributed by atoms with Gasteiger partial charge < -0.3 is 9.88 Å². The first-order valence-electron chi connectivity index (χ1n) is 8.00. The van der Waals surface area contributed by atoms with Gasteiger partial charge in [-0.3, -0.25) is 9.59 Å². The second kappa shape index (κ2) is 6.07. The van der Waals surface area contributed by atoms with Crippen molar-refractivity contribution in [3.8, 4) is 0 Å². The number of H-pyrrole nitrogens is 1. The van der Waals surface area contributed by atoms with Crippen molar-refractivity contribution in [2.75, 3.05) is 7.05 Å². The lowest BCUT2D eigenvalue weighted by Gasteiger charge is -2.16. The maximum Gasteiger partial charge on any atom is 0.268 e. The van der Waals surface area contributed by atoms with Crippen LogP contribution in [0.1, 0.15) is 23.7 Å². The molecule has 3 aromatic rings. The molecule has 0 saturated heterocycles. The first-order chi connectivity index (χ1) is 12.0. The topological polar surface area (TPSA) is 66.1 Å². The maximum absolute atomic E-state index is 13.9. The van der Waals surface area contributed by atoms with Crippen molar-refractivity contribution in [1.82, 2.24) is 14.9 Å². The summed E-state index contributed by atoms with van der Waals surface area (Å²) in [6.07, 6.45) is 0.650. The molecule has 7 heteroatoms. The fraction of sp³-hybridized carbons (Fsp3) is 0.278. The smallest absolute Gasteiger partial charge is 0.268 e. The van der Waals surface area contributed by atoms with Crippen LogP contribution in [0.2, 0.25) is 0 Å². The number of thiophene rings is 1. The summed E-state index contributed by atoms with van der Waals surface area (Å²) in [6, 6.07) is 8.37. The van der Waals surface area contributed by atoms with E-state index in [1.54, 1.807) is 36.2 Å². The molecule has 1 saturated carbocycles. The lowest BCUT2D eigenvalue weighted by Crippen LogP contribution is -2.29. The highest BCUT2D eigenvalue weighted by atomic mass is 32.1.